The molecule has 1 saturated carbocycles. The molecule has 0 saturated heterocycles. The van der Waals surface area contributed by atoms with E-state index in [-0.39, 0.29) is 0 Å². The van der Waals surface area contributed by atoms with Crippen LogP contribution in [0.3, 0.4) is 0 Å². The van der Waals surface area contributed by atoms with Crippen LogP contribution in [0.25, 0.3) is 0 Å². The highest BCUT2D eigenvalue weighted by Crippen LogP contribution is 2.25. The third-order valence-electron chi connectivity index (χ3n) is 8.64. The van der Waals surface area contributed by atoms with Gasteiger partial charge in [0.25, 0.3) is 0 Å². The van der Waals surface area contributed by atoms with E-state index in [9.17, 15) is 9.59 Å². The number of rotatable bonds is 15. The number of hydrogen-bond acceptors (Lipinski definition) is 2. The number of benzene rings is 1. The van der Waals surface area contributed by atoms with Gasteiger partial charge in [-0.05, 0) is 30.2 Å². The zero-order valence-electron chi connectivity index (χ0n) is 26.2. The van der Waals surface area contributed by atoms with Gasteiger partial charge in [-0.25, -0.2) is 0 Å². The van der Waals surface area contributed by atoms with E-state index >= 15 is 0 Å². The zero-order chi connectivity index (χ0) is 29.1. The van der Waals surface area contributed by atoms with Crippen LogP contribution < -0.4 is 11.5 Å². The van der Waals surface area contributed by atoms with Gasteiger partial charge in [0.05, 0.1) is 0 Å². The molecule has 1 aliphatic carbocycles. The summed E-state index contributed by atoms with van der Waals surface area (Å²) in [6.45, 7) is 2.31. The molecule has 0 radical (unpaired) electrons. The van der Waals surface area contributed by atoms with E-state index in [0.29, 0.717) is 11.1 Å². The van der Waals surface area contributed by atoms with Gasteiger partial charge in [0, 0.05) is 11.1 Å². The van der Waals surface area contributed by atoms with Gasteiger partial charge in [-0.1, -0.05) is 174 Å². The van der Waals surface area contributed by atoms with Crippen molar-refractivity contribution < 1.29 is 9.59 Å². The SMILES string of the molecule is CCCCCCCCCCCCCCC1CCCCCCCCCCCCC1.NC(=O)c1ccc(C(N)=O)cc1. The first-order valence-corrected chi connectivity index (χ1v) is 17.2. The molecule has 1 fully saturated rings. The molecule has 1 aromatic rings. The first-order chi connectivity index (χ1) is 19.5. The van der Waals surface area contributed by atoms with Crippen LogP contribution in [0.1, 0.15) is 195 Å². The number of nitrogens with two attached hydrogens (primary N) is 2. The van der Waals surface area contributed by atoms with Crippen molar-refractivity contribution in [2.24, 2.45) is 17.4 Å². The lowest BCUT2D eigenvalue weighted by Crippen LogP contribution is -2.13. The topological polar surface area (TPSA) is 86.2 Å². The van der Waals surface area contributed by atoms with Gasteiger partial charge in [0.15, 0.2) is 0 Å². The number of carbonyl (C=O) groups is 2. The average molecular weight is 557 g/mol. The third kappa shape index (κ3) is 21.0. The zero-order valence-corrected chi connectivity index (χ0v) is 26.2. The molecular formula is C36H64N2O2. The Hall–Kier alpha value is -1.84. The fraction of sp³-hybridized carbons (Fsp3) is 0.778. The second-order valence-corrected chi connectivity index (χ2v) is 12.3. The molecular weight excluding hydrogens is 492 g/mol. The molecule has 230 valence electrons. The van der Waals surface area contributed by atoms with Crippen molar-refractivity contribution >= 4 is 11.8 Å². The van der Waals surface area contributed by atoms with E-state index in [0.717, 1.165) is 5.92 Å². The maximum Gasteiger partial charge on any atom is 0.248 e. The first kappa shape index (κ1) is 36.2. The minimum absolute atomic E-state index is 0.361. The summed E-state index contributed by atoms with van der Waals surface area (Å²) in [5.74, 6) is 0.0168. The standard InChI is InChI=1S/C28H56.C8H8N2O2/c1-2-3-4-5-6-7-8-10-13-16-19-22-25-28-26-23-20-17-14-11-9-12-15-18-21-24-27-28;9-7(11)5-1-2-6(4-3-5)8(10)12/h28H,2-27H2,1H3;1-4H,(H2,9,11)(H2,10,12). The molecule has 2 amide bonds. The highest BCUT2D eigenvalue weighted by molar-refractivity contribution is 5.96. The van der Waals surface area contributed by atoms with E-state index in [1.165, 1.54) is 191 Å². The van der Waals surface area contributed by atoms with Crippen LogP contribution in [0.4, 0.5) is 0 Å². The average Bonchev–Trinajstić information content (AvgIpc) is 2.95. The predicted molar refractivity (Wildman–Crippen MR) is 173 cm³/mol. The van der Waals surface area contributed by atoms with Gasteiger partial charge in [0.2, 0.25) is 11.8 Å². The lowest BCUT2D eigenvalue weighted by molar-refractivity contribution is 0.0988. The van der Waals surface area contributed by atoms with Crippen molar-refractivity contribution in [2.75, 3.05) is 0 Å². The molecule has 0 aliphatic heterocycles. The largest absolute Gasteiger partial charge is 0.366 e. The van der Waals surface area contributed by atoms with Crippen LogP contribution in [0.5, 0.6) is 0 Å². The third-order valence-corrected chi connectivity index (χ3v) is 8.64. The molecule has 4 nitrogen and oxygen atoms in total. The molecule has 1 aliphatic rings. The van der Waals surface area contributed by atoms with E-state index in [4.69, 9.17) is 11.5 Å². The molecule has 4 heteroatoms. The first-order valence-electron chi connectivity index (χ1n) is 17.2. The van der Waals surface area contributed by atoms with Gasteiger partial charge in [-0.2, -0.15) is 0 Å². The fourth-order valence-electron chi connectivity index (χ4n) is 5.96. The van der Waals surface area contributed by atoms with Gasteiger partial charge in [-0.3, -0.25) is 9.59 Å². The summed E-state index contributed by atoms with van der Waals surface area (Å²) in [5.41, 5.74) is 10.7. The van der Waals surface area contributed by atoms with Crippen LogP contribution in [0, 0.1) is 5.92 Å². The minimum Gasteiger partial charge on any atom is -0.366 e. The maximum absolute atomic E-state index is 10.6. The Balaban J connectivity index is 0.000000552. The molecule has 0 spiro atoms. The summed E-state index contributed by atoms with van der Waals surface area (Å²) in [6, 6.07) is 5.84. The van der Waals surface area contributed by atoms with Gasteiger partial charge in [-0.15, -0.1) is 0 Å². The summed E-state index contributed by atoms with van der Waals surface area (Å²) in [4.78, 5) is 21.2. The van der Waals surface area contributed by atoms with E-state index < -0.39 is 11.8 Å². The van der Waals surface area contributed by atoms with Crippen molar-refractivity contribution in [3.05, 3.63) is 35.4 Å². The number of primary amides is 2. The van der Waals surface area contributed by atoms with Crippen molar-refractivity contribution in [1.82, 2.24) is 0 Å². The van der Waals surface area contributed by atoms with Crippen LogP contribution in [0.2, 0.25) is 0 Å². The Kier molecular flexibility index (Phi) is 23.6. The smallest absolute Gasteiger partial charge is 0.248 e. The number of hydrogen-bond donors (Lipinski definition) is 2. The quantitative estimate of drug-likeness (QED) is 0.210. The Bertz CT molecular complexity index is 684. The summed E-state index contributed by atoms with van der Waals surface area (Å²) >= 11 is 0. The van der Waals surface area contributed by atoms with Crippen LogP contribution in [-0.2, 0) is 0 Å². The molecule has 2 rings (SSSR count). The van der Waals surface area contributed by atoms with Gasteiger partial charge < -0.3 is 11.5 Å². The summed E-state index contributed by atoms with van der Waals surface area (Å²) in [7, 11) is 0. The van der Waals surface area contributed by atoms with Crippen molar-refractivity contribution in [3.8, 4) is 0 Å². The number of amides is 2. The Morgan fingerprint density at radius 3 is 1.15 bits per heavy atom. The molecule has 40 heavy (non-hydrogen) atoms. The van der Waals surface area contributed by atoms with E-state index in [2.05, 4.69) is 6.92 Å². The maximum atomic E-state index is 10.6. The second-order valence-electron chi connectivity index (χ2n) is 12.3. The second kappa shape index (κ2) is 26.1. The van der Waals surface area contributed by atoms with Crippen LogP contribution in [-0.4, -0.2) is 11.8 Å². The highest BCUT2D eigenvalue weighted by Gasteiger charge is 2.09. The lowest BCUT2D eigenvalue weighted by Gasteiger charge is -2.17. The van der Waals surface area contributed by atoms with E-state index in [1.54, 1.807) is 0 Å². The molecule has 0 heterocycles. The Labute approximate surface area is 247 Å². The van der Waals surface area contributed by atoms with Crippen molar-refractivity contribution in [3.63, 3.8) is 0 Å². The minimum atomic E-state index is -0.522. The van der Waals surface area contributed by atoms with Crippen molar-refractivity contribution in [1.29, 1.82) is 0 Å². The van der Waals surface area contributed by atoms with Crippen molar-refractivity contribution in [2.45, 2.75) is 174 Å². The van der Waals surface area contributed by atoms with E-state index in [1.807, 2.05) is 0 Å². The monoisotopic (exact) mass is 556 g/mol. The normalized spacial score (nSPS) is 15.9. The summed E-state index contributed by atoms with van der Waals surface area (Å²) < 4.78 is 0. The highest BCUT2D eigenvalue weighted by atomic mass is 16.1. The Morgan fingerprint density at radius 1 is 0.525 bits per heavy atom. The van der Waals surface area contributed by atoms with Crippen LogP contribution >= 0.6 is 0 Å². The van der Waals surface area contributed by atoms with Gasteiger partial charge >= 0.3 is 0 Å². The predicted octanol–water partition coefficient (Wildman–Crippen LogP) is 10.7. The molecule has 0 aromatic heterocycles. The summed E-state index contributed by atoms with van der Waals surface area (Å²) in [5, 5.41) is 0. The molecule has 1 aromatic carbocycles. The lowest BCUT2D eigenvalue weighted by atomic mass is 9.89. The Morgan fingerprint density at radius 2 is 0.825 bits per heavy atom. The number of carbonyl (C=O) groups excluding carboxylic acids is 2. The fourth-order valence-corrected chi connectivity index (χ4v) is 5.96. The molecule has 0 atom stereocenters. The molecule has 4 N–H and O–H groups in total. The van der Waals surface area contributed by atoms with Gasteiger partial charge in [0.1, 0.15) is 0 Å². The molecule has 0 unspecified atom stereocenters. The van der Waals surface area contributed by atoms with Crippen LogP contribution in [0.15, 0.2) is 24.3 Å². The molecule has 0 bridgehead atoms. The summed E-state index contributed by atoms with van der Waals surface area (Å²) in [6.07, 6.45) is 39.0. The number of unbranched alkanes of at least 4 members (excludes halogenated alkanes) is 11.